The summed E-state index contributed by atoms with van der Waals surface area (Å²) in [6.45, 7) is 6.50. The van der Waals surface area contributed by atoms with Gasteiger partial charge < -0.3 is 0 Å². The third-order valence-corrected chi connectivity index (χ3v) is 5.57. The summed E-state index contributed by atoms with van der Waals surface area (Å²) in [5.74, 6) is 1.24. The molecule has 0 aliphatic heterocycles. The molecule has 110 valence electrons. The Hall–Kier alpha value is -0.680. The maximum atomic E-state index is 6.36. The van der Waals surface area contributed by atoms with Gasteiger partial charge >= 0.3 is 0 Å². The number of benzene rings is 1. The molecule has 3 rings (SSSR count). The van der Waals surface area contributed by atoms with Crippen molar-refractivity contribution in [3.8, 4) is 0 Å². The summed E-state index contributed by atoms with van der Waals surface area (Å²) < 4.78 is 0.973. The molecular formula is C17H18ClIN2. The van der Waals surface area contributed by atoms with Gasteiger partial charge in [0.05, 0.1) is 9.26 Å². The van der Waals surface area contributed by atoms with Crippen LogP contribution in [0.2, 0.25) is 5.15 Å². The molecule has 0 atom stereocenters. The van der Waals surface area contributed by atoms with Crippen LogP contribution in [0.3, 0.4) is 0 Å². The van der Waals surface area contributed by atoms with Crippen LogP contribution in [0.1, 0.15) is 49.3 Å². The van der Waals surface area contributed by atoms with Crippen LogP contribution >= 0.6 is 34.2 Å². The van der Waals surface area contributed by atoms with Gasteiger partial charge in [0.15, 0.2) is 0 Å². The highest BCUT2D eigenvalue weighted by Gasteiger charge is 2.28. The van der Waals surface area contributed by atoms with Gasteiger partial charge in [-0.1, -0.05) is 56.6 Å². The first-order chi connectivity index (χ1) is 9.86. The third-order valence-electron chi connectivity index (χ3n) is 3.95. The summed E-state index contributed by atoms with van der Waals surface area (Å²) in [6, 6.07) is 8.61. The van der Waals surface area contributed by atoms with Gasteiger partial charge in [-0.25, -0.2) is 9.97 Å². The second kappa shape index (κ2) is 5.51. The number of hydrogen-bond acceptors (Lipinski definition) is 2. The molecule has 21 heavy (non-hydrogen) atoms. The molecule has 1 aromatic carbocycles. The first-order valence-corrected chi connectivity index (χ1v) is 8.62. The Morgan fingerprint density at radius 1 is 1.10 bits per heavy atom. The van der Waals surface area contributed by atoms with E-state index in [9.17, 15) is 0 Å². The smallest absolute Gasteiger partial charge is 0.146 e. The fourth-order valence-corrected chi connectivity index (χ4v) is 4.08. The van der Waals surface area contributed by atoms with Crippen LogP contribution in [-0.4, -0.2) is 9.97 Å². The first kappa shape index (κ1) is 15.2. The molecule has 0 fully saturated rings. The van der Waals surface area contributed by atoms with E-state index in [1.807, 2.05) is 0 Å². The van der Waals surface area contributed by atoms with Gasteiger partial charge in [0.25, 0.3) is 0 Å². The fourth-order valence-electron chi connectivity index (χ4n) is 2.86. The zero-order valence-electron chi connectivity index (χ0n) is 12.5. The minimum atomic E-state index is -0.0245. The van der Waals surface area contributed by atoms with Crippen LogP contribution in [0.4, 0.5) is 0 Å². The first-order valence-electron chi connectivity index (χ1n) is 7.16. The van der Waals surface area contributed by atoms with Crippen molar-refractivity contribution in [3.63, 3.8) is 0 Å². The van der Waals surface area contributed by atoms with E-state index in [0.29, 0.717) is 11.1 Å². The summed E-state index contributed by atoms with van der Waals surface area (Å²) in [4.78, 5) is 9.43. The van der Waals surface area contributed by atoms with E-state index in [0.717, 1.165) is 27.9 Å². The zero-order valence-corrected chi connectivity index (χ0v) is 15.4. The molecule has 1 aliphatic carbocycles. The summed E-state index contributed by atoms with van der Waals surface area (Å²) in [5.41, 5.74) is 3.86. The number of nitrogens with zero attached hydrogens (tertiary/aromatic N) is 2. The van der Waals surface area contributed by atoms with Crippen LogP contribution < -0.4 is 0 Å². The standard InChI is InChI=1S/C17H18ClIN2/c1-17(2,3)14-13(19)15(18)21-16(20-14)12-8-10-6-4-5-7-11(10)9-12/h4-7,12H,8-9H2,1-3H3. The Labute approximate surface area is 144 Å². The van der Waals surface area contributed by atoms with E-state index >= 15 is 0 Å². The molecule has 0 saturated heterocycles. The second-order valence-corrected chi connectivity index (χ2v) is 8.10. The minimum Gasteiger partial charge on any atom is -0.236 e. The Balaban J connectivity index is 2.00. The summed E-state index contributed by atoms with van der Waals surface area (Å²) >= 11 is 8.61. The minimum absolute atomic E-state index is 0.0245. The molecule has 1 aliphatic rings. The fraction of sp³-hybridized carbons (Fsp3) is 0.412. The number of aromatic nitrogens is 2. The largest absolute Gasteiger partial charge is 0.236 e. The van der Waals surface area contributed by atoms with Crippen molar-refractivity contribution in [1.29, 1.82) is 0 Å². The molecule has 0 bridgehead atoms. The molecule has 1 aromatic heterocycles. The topological polar surface area (TPSA) is 25.8 Å². The highest BCUT2D eigenvalue weighted by atomic mass is 127. The van der Waals surface area contributed by atoms with Gasteiger partial charge in [0.1, 0.15) is 11.0 Å². The van der Waals surface area contributed by atoms with Gasteiger partial charge in [0.2, 0.25) is 0 Å². The molecule has 2 aromatic rings. The molecule has 0 radical (unpaired) electrons. The summed E-state index contributed by atoms with van der Waals surface area (Å²) in [6.07, 6.45) is 2.02. The zero-order chi connectivity index (χ0) is 15.2. The Morgan fingerprint density at radius 3 is 2.19 bits per heavy atom. The van der Waals surface area contributed by atoms with E-state index in [4.69, 9.17) is 16.6 Å². The quantitative estimate of drug-likeness (QED) is 0.491. The highest BCUT2D eigenvalue weighted by molar-refractivity contribution is 14.1. The van der Waals surface area contributed by atoms with Gasteiger partial charge in [-0.05, 0) is 46.6 Å². The lowest BCUT2D eigenvalue weighted by Crippen LogP contribution is -2.19. The van der Waals surface area contributed by atoms with Gasteiger partial charge in [-0.3, -0.25) is 0 Å². The molecule has 0 saturated carbocycles. The van der Waals surface area contributed by atoms with Crippen molar-refractivity contribution in [2.24, 2.45) is 0 Å². The average Bonchev–Trinajstić information content (AvgIpc) is 2.84. The van der Waals surface area contributed by atoms with Crippen molar-refractivity contribution in [3.05, 3.63) is 55.6 Å². The SMILES string of the molecule is CC(C)(C)c1nc(C2Cc3ccccc3C2)nc(Cl)c1I. The highest BCUT2D eigenvalue weighted by Crippen LogP contribution is 2.35. The Bertz CT molecular complexity index is 667. The van der Waals surface area contributed by atoms with Crippen LogP contribution in [-0.2, 0) is 18.3 Å². The van der Waals surface area contributed by atoms with Crippen molar-refractivity contribution in [2.45, 2.75) is 44.9 Å². The molecule has 1 heterocycles. The molecule has 0 unspecified atom stereocenters. The Morgan fingerprint density at radius 2 is 1.67 bits per heavy atom. The van der Waals surface area contributed by atoms with E-state index < -0.39 is 0 Å². The maximum Gasteiger partial charge on any atom is 0.146 e. The van der Waals surface area contributed by atoms with Crippen LogP contribution in [0, 0.1) is 3.57 Å². The lowest BCUT2D eigenvalue weighted by atomic mass is 9.91. The number of hydrogen-bond donors (Lipinski definition) is 0. The van der Waals surface area contributed by atoms with E-state index in [2.05, 4.69) is 72.6 Å². The Kier molecular flexibility index (Phi) is 3.99. The lowest BCUT2D eigenvalue weighted by Gasteiger charge is -2.21. The van der Waals surface area contributed by atoms with Crippen molar-refractivity contribution >= 4 is 34.2 Å². The van der Waals surface area contributed by atoms with Crippen molar-refractivity contribution in [1.82, 2.24) is 9.97 Å². The van der Waals surface area contributed by atoms with Crippen LogP contribution in [0.5, 0.6) is 0 Å². The lowest BCUT2D eigenvalue weighted by molar-refractivity contribution is 0.549. The summed E-state index contributed by atoms with van der Waals surface area (Å²) in [7, 11) is 0. The predicted molar refractivity (Wildman–Crippen MR) is 95.1 cm³/mol. The number of rotatable bonds is 1. The van der Waals surface area contributed by atoms with Crippen LogP contribution in [0.15, 0.2) is 24.3 Å². The molecular weight excluding hydrogens is 395 g/mol. The number of halogens is 2. The van der Waals surface area contributed by atoms with E-state index in [1.165, 1.54) is 11.1 Å². The molecule has 0 N–H and O–H groups in total. The van der Waals surface area contributed by atoms with Crippen molar-refractivity contribution < 1.29 is 0 Å². The average molecular weight is 413 g/mol. The van der Waals surface area contributed by atoms with Gasteiger partial charge in [-0.2, -0.15) is 0 Å². The van der Waals surface area contributed by atoms with Crippen LogP contribution in [0.25, 0.3) is 0 Å². The molecule has 2 nitrogen and oxygen atoms in total. The van der Waals surface area contributed by atoms with E-state index in [-0.39, 0.29) is 5.41 Å². The van der Waals surface area contributed by atoms with Gasteiger partial charge in [0, 0.05) is 11.3 Å². The predicted octanol–water partition coefficient (Wildman–Crippen LogP) is 4.91. The van der Waals surface area contributed by atoms with Gasteiger partial charge in [-0.15, -0.1) is 0 Å². The summed E-state index contributed by atoms with van der Waals surface area (Å²) in [5, 5.41) is 0.585. The normalized spacial score (nSPS) is 15.3. The maximum absolute atomic E-state index is 6.36. The third kappa shape index (κ3) is 2.95. The molecule has 0 spiro atoms. The van der Waals surface area contributed by atoms with Crippen molar-refractivity contribution in [2.75, 3.05) is 0 Å². The second-order valence-electron chi connectivity index (χ2n) is 6.66. The monoisotopic (exact) mass is 412 g/mol. The molecule has 4 heteroatoms. The number of fused-ring (bicyclic) bond motifs is 1. The molecule has 0 amide bonds. The van der Waals surface area contributed by atoms with E-state index in [1.54, 1.807) is 0 Å².